The summed E-state index contributed by atoms with van der Waals surface area (Å²) in [6, 6.07) is 10.9. The Kier molecular flexibility index (Phi) is 7.07. The average Bonchev–Trinajstić information content (AvgIpc) is 2.56. The normalized spacial score (nSPS) is 12.9. The second-order valence-corrected chi connectivity index (χ2v) is 12.2. The Balaban J connectivity index is 2.35. The minimum Gasteiger partial charge on any atom is -0.403 e. The van der Waals surface area contributed by atoms with Crippen LogP contribution < -0.4 is 9.05 Å². The number of hydrogen-bond acceptors (Lipinski definition) is 3. The first-order valence-electron chi connectivity index (χ1n) is 9.40. The lowest BCUT2D eigenvalue weighted by Crippen LogP contribution is -2.18. The van der Waals surface area contributed by atoms with Crippen molar-refractivity contribution < 1.29 is 13.6 Å². The molecule has 0 bridgehead atoms. The van der Waals surface area contributed by atoms with Crippen LogP contribution in [0, 0.1) is 0 Å². The first kappa shape index (κ1) is 24.1. The first-order chi connectivity index (χ1) is 13.1. The maximum absolute atomic E-state index is 13.5. The molecule has 0 saturated heterocycles. The van der Waals surface area contributed by atoms with Gasteiger partial charge in [-0.15, -0.1) is 0 Å². The summed E-state index contributed by atoms with van der Waals surface area (Å²) < 4.78 is 26.5. The molecular formula is C22H30Cl2NO3P. The third kappa shape index (κ3) is 5.92. The van der Waals surface area contributed by atoms with E-state index in [1.54, 1.807) is 26.2 Å². The summed E-state index contributed by atoms with van der Waals surface area (Å²) in [5.41, 5.74) is 1.98. The van der Waals surface area contributed by atoms with Gasteiger partial charge in [0, 0.05) is 0 Å². The smallest absolute Gasteiger partial charge is 0.403 e. The molecule has 2 aromatic rings. The SMILES string of the molecule is CN(C)P(=O)(Oc1ccc(C(C)(C)C)cc1Cl)Oc1ccc(C(C)(C)C)cc1Cl. The fourth-order valence-electron chi connectivity index (χ4n) is 2.51. The molecule has 0 unspecified atom stereocenters. The molecule has 2 aromatic carbocycles. The minimum absolute atomic E-state index is 0.0633. The molecule has 7 heteroatoms. The van der Waals surface area contributed by atoms with Crippen LogP contribution in [-0.2, 0) is 15.4 Å². The fourth-order valence-corrected chi connectivity index (χ4v) is 4.24. The number of halogens is 2. The van der Waals surface area contributed by atoms with E-state index in [9.17, 15) is 4.57 Å². The van der Waals surface area contributed by atoms with Crippen molar-refractivity contribution in [2.24, 2.45) is 0 Å². The minimum atomic E-state index is -3.74. The van der Waals surface area contributed by atoms with Crippen molar-refractivity contribution in [1.82, 2.24) is 4.67 Å². The van der Waals surface area contributed by atoms with Gasteiger partial charge >= 0.3 is 7.75 Å². The van der Waals surface area contributed by atoms with E-state index in [0.29, 0.717) is 21.5 Å². The third-order valence-corrected chi connectivity index (χ3v) is 6.94. The highest BCUT2D eigenvalue weighted by Crippen LogP contribution is 2.53. The lowest BCUT2D eigenvalue weighted by molar-refractivity contribution is 0.325. The van der Waals surface area contributed by atoms with Gasteiger partial charge in [0.15, 0.2) is 0 Å². The highest BCUT2D eigenvalue weighted by molar-refractivity contribution is 7.52. The van der Waals surface area contributed by atoms with E-state index in [4.69, 9.17) is 32.2 Å². The van der Waals surface area contributed by atoms with E-state index in [0.717, 1.165) is 11.1 Å². The lowest BCUT2D eigenvalue weighted by Gasteiger charge is -2.26. The Hall–Kier alpha value is -1.19. The van der Waals surface area contributed by atoms with Crippen molar-refractivity contribution in [3.8, 4) is 11.5 Å². The fraction of sp³-hybridized carbons (Fsp3) is 0.455. The van der Waals surface area contributed by atoms with Crippen LogP contribution in [0.3, 0.4) is 0 Å². The summed E-state index contributed by atoms with van der Waals surface area (Å²) in [7, 11) is -0.495. The van der Waals surface area contributed by atoms with Crippen molar-refractivity contribution in [3.05, 3.63) is 57.6 Å². The van der Waals surface area contributed by atoms with Crippen LogP contribution in [0.4, 0.5) is 0 Å². The van der Waals surface area contributed by atoms with E-state index in [1.165, 1.54) is 4.67 Å². The van der Waals surface area contributed by atoms with E-state index in [1.807, 2.05) is 24.3 Å². The van der Waals surface area contributed by atoms with Crippen LogP contribution in [0.2, 0.25) is 10.0 Å². The maximum Gasteiger partial charge on any atom is 0.515 e. The van der Waals surface area contributed by atoms with Gasteiger partial charge in [-0.1, -0.05) is 76.9 Å². The molecular weight excluding hydrogens is 428 g/mol. The highest BCUT2D eigenvalue weighted by Gasteiger charge is 2.34. The molecule has 0 radical (unpaired) electrons. The molecule has 0 aromatic heterocycles. The molecule has 29 heavy (non-hydrogen) atoms. The second-order valence-electron chi connectivity index (χ2n) is 9.29. The van der Waals surface area contributed by atoms with Crippen molar-refractivity contribution in [3.63, 3.8) is 0 Å². The van der Waals surface area contributed by atoms with Crippen LogP contribution in [0.1, 0.15) is 52.7 Å². The van der Waals surface area contributed by atoms with Crippen molar-refractivity contribution in [2.75, 3.05) is 14.1 Å². The summed E-state index contributed by atoms with van der Waals surface area (Å²) in [5.74, 6) is 0.582. The molecule has 0 aliphatic carbocycles. The van der Waals surface area contributed by atoms with Gasteiger partial charge in [-0.05, 0) is 60.3 Å². The molecule has 0 amide bonds. The van der Waals surface area contributed by atoms with Crippen molar-refractivity contribution in [2.45, 2.75) is 52.4 Å². The van der Waals surface area contributed by atoms with Gasteiger partial charge in [0.2, 0.25) is 0 Å². The number of hydrogen-bond donors (Lipinski definition) is 0. The molecule has 2 rings (SSSR count). The quantitative estimate of drug-likeness (QED) is 0.430. The van der Waals surface area contributed by atoms with Crippen LogP contribution in [0.25, 0.3) is 0 Å². The molecule has 0 N–H and O–H groups in total. The molecule has 160 valence electrons. The monoisotopic (exact) mass is 457 g/mol. The van der Waals surface area contributed by atoms with Crippen molar-refractivity contribution in [1.29, 1.82) is 0 Å². The van der Waals surface area contributed by atoms with Gasteiger partial charge in [0.1, 0.15) is 11.5 Å². The molecule has 0 aliphatic rings. The van der Waals surface area contributed by atoms with Gasteiger partial charge in [0.25, 0.3) is 0 Å². The molecule has 0 spiro atoms. The standard InChI is InChI=1S/C22H30Cl2NO3P/c1-21(2,3)15-9-11-19(17(23)13-15)27-29(26,25(7)8)28-20-12-10-16(14-18(20)24)22(4,5)6/h9-14H,1-8H3. The third-order valence-electron chi connectivity index (χ3n) is 4.51. The van der Waals surface area contributed by atoms with Gasteiger partial charge < -0.3 is 9.05 Å². The lowest BCUT2D eigenvalue weighted by atomic mass is 9.87. The van der Waals surface area contributed by atoms with E-state index in [-0.39, 0.29) is 10.8 Å². The largest absolute Gasteiger partial charge is 0.515 e. The number of rotatable bonds is 5. The Morgan fingerprint density at radius 2 is 1.10 bits per heavy atom. The molecule has 0 saturated carbocycles. The summed E-state index contributed by atoms with van der Waals surface area (Å²) in [6.07, 6.45) is 0. The summed E-state index contributed by atoms with van der Waals surface area (Å²) in [5, 5.41) is 0.745. The van der Waals surface area contributed by atoms with E-state index < -0.39 is 7.75 Å². The maximum atomic E-state index is 13.5. The molecule has 4 nitrogen and oxygen atoms in total. The number of nitrogens with zero attached hydrogens (tertiary/aromatic N) is 1. The summed E-state index contributed by atoms with van der Waals surface area (Å²) >= 11 is 12.8. The summed E-state index contributed by atoms with van der Waals surface area (Å²) in [6.45, 7) is 12.6. The first-order valence-corrected chi connectivity index (χ1v) is 11.7. The summed E-state index contributed by atoms with van der Waals surface area (Å²) in [4.78, 5) is 0. The van der Waals surface area contributed by atoms with Gasteiger partial charge in [0.05, 0.1) is 10.0 Å². The zero-order valence-corrected chi connectivity index (χ0v) is 20.7. The van der Waals surface area contributed by atoms with Crippen molar-refractivity contribution >= 4 is 30.9 Å². The van der Waals surface area contributed by atoms with Crippen LogP contribution in [0.5, 0.6) is 11.5 Å². The van der Waals surface area contributed by atoms with Gasteiger partial charge in [-0.25, -0.2) is 4.57 Å². The van der Waals surface area contributed by atoms with Crippen LogP contribution in [-0.4, -0.2) is 18.8 Å². The van der Waals surface area contributed by atoms with E-state index >= 15 is 0 Å². The molecule has 0 aliphatic heterocycles. The predicted octanol–water partition coefficient (Wildman–Crippen LogP) is 7.72. The predicted molar refractivity (Wildman–Crippen MR) is 123 cm³/mol. The van der Waals surface area contributed by atoms with Gasteiger partial charge in [-0.2, -0.15) is 4.67 Å². The molecule has 0 heterocycles. The topological polar surface area (TPSA) is 38.8 Å². The van der Waals surface area contributed by atoms with E-state index in [2.05, 4.69) is 41.5 Å². The highest BCUT2D eigenvalue weighted by atomic mass is 35.5. The molecule has 0 fully saturated rings. The Morgan fingerprint density at radius 1 is 0.759 bits per heavy atom. The second kappa shape index (κ2) is 8.51. The Morgan fingerprint density at radius 3 is 1.34 bits per heavy atom. The van der Waals surface area contributed by atoms with Gasteiger partial charge in [-0.3, -0.25) is 0 Å². The molecule has 0 atom stereocenters. The Bertz CT molecular complexity index is 861. The van der Waals surface area contributed by atoms with Crippen LogP contribution in [0.15, 0.2) is 36.4 Å². The Labute approximate surface area is 184 Å². The zero-order valence-electron chi connectivity index (χ0n) is 18.3. The number of benzene rings is 2. The zero-order chi connectivity index (χ0) is 22.2. The average molecular weight is 458 g/mol. The van der Waals surface area contributed by atoms with Crippen LogP contribution >= 0.6 is 30.9 Å².